The lowest BCUT2D eigenvalue weighted by molar-refractivity contribution is -0.140. The van der Waals surface area contributed by atoms with E-state index in [9.17, 15) is 14.4 Å². The minimum absolute atomic E-state index is 0.0519. The van der Waals surface area contributed by atoms with Gasteiger partial charge in [-0.05, 0) is 13.8 Å². The number of aliphatic carboxylic acids is 1. The first-order chi connectivity index (χ1) is 8.32. The lowest BCUT2D eigenvalue weighted by atomic mass is 10.3. The second kappa shape index (κ2) is 8.79. The molecule has 2 amide bonds. The summed E-state index contributed by atoms with van der Waals surface area (Å²) in [5.74, 6) is -0.708. The minimum Gasteiger partial charge on any atom is -0.480 e. The number of nitrogens with one attached hydrogen (secondary N) is 2. The molecule has 0 aliphatic heterocycles. The molecule has 0 aromatic heterocycles. The van der Waals surface area contributed by atoms with Crippen LogP contribution in [0.25, 0.3) is 0 Å². The maximum Gasteiger partial charge on any atom is 0.327 e. The van der Waals surface area contributed by atoms with Crippen LogP contribution in [0.4, 0.5) is 0 Å². The molecule has 6 nitrogen and oxygen atoms in total. The Hall–Kier alpha value is -1.24. The summed E-state index contributed by atoms with van der Waals surface area (Å²) < 4.78 is 0. The molecule has 0 aliphatic rings. The topological polar surface area (TPSA) is 95.5 Å². The van der Waals surface area contributed by atoms with Crippen LogP contribution in [0.15, 0.2) is 0 Å². The van der Waals surface area contributed by atoms with Gasteiger partial charge in [0.15, 0.2) is 0 Å². The van der Waals surface area contributed by atoms with E-state index < -0.39 is 12.0 Å². The molecule has 0 aromatic carbocycles. The van der Waals surface area contributed by atoms with Gasteiger partial charge in [0.25, 0.3) is 0 Å². The summed E-state index contributed by atoms with van der Waals surface area (Å²) in [5.41, 5.74) is 0. The Morgan fingerprint density at radius 2 is 1.83 bits per heavy atom. The third-order valence-electron chi connectivity index (χ3n) is 1.88. The number of hydrogen-bond acceptors (Lipinski definition) is 4. The highest BCUT2D eigenvalue weighted by Crippen LogP contribution is 2.05. The molecule has 1 unspecified atom stereocenters. The number of rotatable bonds is 8. The Morgan fingerprint density at radius 1 is 1.22 bits per heavy atom. The van der Waals surface area contributed by atoms with Crippen LogP contribution in [-0.4, -0.2) is 46.5 Å². The third kappa shape index (κ3) is 8.86. The van der Waals surface area contributed by atoms with Crippen LogP contribution < -0.4 is 10.6 Å². The van der Waals surface area contributed by atoms with Gasteiger partial charge in [-0.3, -0.25) is 9.59 Å². The largest absolute Gasteiger partial charge is 0.480 e. The van der Waals surface area contributed by atoms with Crippen molar-refractivity contribution in [2.24, 2.45) is 0 Å². The van der Waals surface area contributed by atoms with Gasteiger partial charge in [0.1, 0.15) is 6.04 Å². The lowest BCUT2D eigenvalue weighted by Crippen LogP contribution is -2.41. The predicted molar refractivity (Wildman–Crippen MR) is 70.5 cm³/mol. The fraction of sp³-hybridized carbons (Fsp3) is 0.727. The number of amides is 2. The summed E-state index contributed by atoms with van der Waals surface area (Å²) in [4.78, 5) is 32.9. The van der Waals surface area contributed by atoms with Crippen LogP contribution in [0.2, 0.25) is 0 Å². The molecule has 7 heteroatoms. The first kappa shape index (κ1) is 16.8. The van der Waals surface area contributed by atoms with Gasteiger partial charge in [-0.15, -0.1) is 0 Å². The molecule has 0 radical (unpaired) electrons. The average Bonchev–Trinajstić information content (AvgIpc) is 2.20. The molecule has 0 saturated heterocycles. The van der Waals surface area contributed by atoms with Crippen molar-refractivity contribution in [3.63, 3.8) is 0 Å². The highest BCUT2D eigenvalue weighted by Gasteiger charge is 2.18. The lowest BCUT2D eigenvalue weighted by Gasteiger charge is -2.13. The second-order valence-corrected chi connectivity index (χ2v) is 5.29. The molecule has 0 bridgehead atoms. The summed E-state index contributed by atoms with van der Waals surface area (Å²) in [6.45, 7) is 5.03. The summed E-state index contributed by atoms with van der Waals surface area (Å²) in [7, 11) is 0. The van der Waals surface area contributed by atoms with E-state index in [4.69, 9.17) is 5.11 Å². The fourth-order valence-corrected chi connectivity index (χ4v) is 2.14. The standard InChI is InChI=1S/C11H20N2O4S/c1-7(2)12-10(15)4-5-18-6-9(11(16)17)13-8(3)14/h7,9H,4-6H2,1-3H3,(H,12,15)(H,13,14)(H,16,17). The Labute approximate surface area is 111 Å². The van der Waals surface area contributed by atoms with Gasteiger partial charge in [0.05, 0.1) is 0 Å². The van der Waals surface area contributed by atoms with Crippen LogP contribution in [0.1, 0.15) is 27.2 Å². The molecule has 0 spiro atoms. The zero-order valence-electron chi connectivity index (χ0n) is 10.9. The molecular formula is C11H20N2O4S. The van der Waals surface area contributed by atoms with Gasteiger partial charge in [0, 0.05) is 30.9 Å². The van der Waals surface area contributed by atoms with Gasteiger partial charge >= 0.3 is 5.97 Å². The Bertz CT molecular complexity index is 307. The number of carbonyl (C=O) groups is 3. The van der Waals surface area contributed by atoms with Crippen molar-refractivity contribution in [2.75, 3.05) is 11.5 Å². The van der Waals surface area contributed by atoms with E-state index in [0.29, 0.717) is 12.2 Å². The third-order valence-corrected chi connectivity index (χ3v) is 2.95. The number of carbonyl (C=O) groups excluding carboxylic acids is 2. The van der Waals surface area contributed by atoms with Crippen LogP contribution >= 0.6 is 11.8 Å². The van der Waals surface area contributed by atoms with Crippen LogP contribution in [0.5, 0.6) is 0 Å². The van der Waals surface area contributed by atoms with Crippen molar-refractivity contribution in [3.05, 3.63) is 0 Å². The maximum atomic E-state index is 11.3. The van der Waals surface area contributed by atoms with E-state index in [1.54, 1.807) is 0 Å². The molecular weight excluding hydrogens is 256 g/mol. The van der Waals surface area contributed by atoms with Crippen LogP contribution in [-0.2, 0) is 14.4 Å². The van der Waals surface area contributed by atoms with E-state index in [1.807, 2.05) is 13.8 Å². The zero-order chi connectivity index (χ0) is 14.1. The Morgan fingerprint density at radius 3 is 2.28 bits per heavy atom. The van der Waals surface area contributed by atoms with E-state index in [-0.39, 0.29) is 23.6 Å². The van der Waals surface area contributed by atoms with Crippen molar-refractivity contribution in [3.8, 4) is 0 Å². The van der Waals surface area contributed by atoms with Gasteiger partial charge in [-0.25, -0.2) is 4.79 Å². The molecule has 3 N–H and O–H groups in total. The van der Waals surface area contributed by atoms with Crippen LogP contribution in [0.3, 0.4) is 0 Å². The highest BCUT2D eigenvalue weighted by atomic mass is 32.2. The molecule has 0 saturated carbocycles. The smallest absolute Gasteiger partial charge is 0.327 e. The SMILES string of the molecule is CC(=O)NC(CSCCC(=O)NC(C)C)C(=O)O. The zero-order valence-corrected chi connectivity index (χ0v) is 11.7. The first-order valence-electron chi connectivity index (χ1n) is 5.70. The summed E-state index contributed by atoms with van der Waals surface area (Å²) in [5, 5.41) is 13.9. The van der Waals surface area contributed by atoms with Crippen molar-refractivity contribution < 1.29 is 19.5 Å². The number of carboxylic acids is 1. The summed E-state index contributed by atoms with van der Waals surface area (Å²) in [6.07, 6.45) is 0.343. The highest BCUT2D eigenvalue weighted by molar-refractivity contribution is 7.99. The van der Waals surface area contributed by atoms with Gasteiger partial charge in [-0.2, -0.15) is 11.8 Å². The number of carboxylic acid groups (broad SMARTS) is 1. The Balaban J connectivity index is 3.83. The molecule has 0 rings (SSSR count). The molecule has 0 fully saturated rings. The second-order valence-electron chi connectivity index (χ2n) is 4.14. The molecule has 0 aliphatic carbocycles. The van der Waals surface area contributed by atoms with E-state index in [0.717, 1.165) is 0 Å². The molecule has 18 heavy (non-hydrogen) atoms. The normalized spacial score (nSPS) is 12.0. The minimum atomic E-state index is -1.07. The van der Waals surface area contributed by atoms with Crippen molar-refractivity contribution >= 4 is 29.5 Å². The van der Waals surface area contributed by atoms with Crippen molar-refractivity contribution in [2.45, 2.75) is 39.3 Å². The summed E-state index contributed by atoms with van der Waals surface area (Å²) >= 11 is 1.33. The molecule has 1 atom stereocenters. The van der Waals surface area contributed by atoms with E-state index >= 15 is 0 Å². The first-order valence-corrected chi connectivity index (χ1v) is 6.85. The predicted octanol–water partition coefficient (Wildman–Crippen LogP) is 0.224. The van der Waals surface area contributed by atoms with Crippen molar-refractivity contribution in [1.82, 2.24) is 10.6 Å². The van der Waals surface area contributed by atoms with Crippen LogP contribution in [0, 0.1) is 0 Å². The number of thioether (sulfide) groups is 1. The van der Waals surface area contributed by atoms with Crippen molar-refractivity contribution in [1.29, 1.82) is 0 Å². The van der Waals surface area contributed by atoms with Gasteiger partial charge < -0.3 is 15.7 Å². The quantitative estimate of drug-likeness (QED) is 0.551. The van der Waals surface area contributed by atoms with Gasteiger partial charge in [-0.1, -0.05) is 0 Å². The average molecular weight is 276 g/mol. The fourth-order valence-electron chi connectivity index (χ4n) is 1.18. The van der Waals surface area contributed by atoms with E-state index in [2.05, 4.69) is 10.6 Å². The maximum absolute atomic E-state index is 11.3. The molecule has 0 aromatic rings. The summed E-state index contributed by atoms with van der Waals surface area (Å²) in [6, 6.07) is -0.797. The van der Waals surface area contributed by atoms with E-state index in [1.165, 1.54) is 18.7 Å². The molecule has 0 heterocycles. The molecule has 104 valence electrons. The van der Waals surface area contributed by atoms with Gasteiger partial charge in [0.2, 0.25) is 11.8 Å². The monoisotopic (exact) mass is 276 g/mol. The Kier molecular flexibility index (Phi) is 8.19. The number of hydrogen-bond donors (Lipinski definition) is 3.